The number of aromatic nitrogens is 1. The van der Waals surface area contributed by atoms with Gasteiger partial charge in [-0.2, -0.15) is 0 Å². The maximum absolute atomic E-state index is 5.56. The van der Waals surface area contributed by atoms with Gasteiger partial charge in [0.2, 0.25) is 0 Å². The van der Waals surface area contributed by atoms with Crippen molar-refractivity contribution in [3.8, 4) is 11.1 Å². The molecule has 232 valence electrons. The van der Waals surface area contributed by atoms with Crippen LogP contribution in [0.2, 0.25) is 0 Å². The first kappa shape index (κ1) is 26.9. The molecule has 4 aliphatic rings. The predicted octanol–water partition coefficient (Wildman–Crippen LogP) is 12.6. The highest BCUT2D eigenvalue weighted by Crippen LogP contribution is 2.54. The van der Waals surface area contributed by atoms with Crippen molar-refractivity contribution in [3.05, 3.63) is 167 Å². The van der Waals surface area contributed by atoms with Gasteiger partial charge in [-0.05, 0) is 101 Å². The van der Waals surface area contributed by atoms with Crippen LogP contribution in [0.1, 0.15) is 41.7 Å². The summed E-state index contributed by atoms with van der Waals surface area (Å²) in [7, 11) is 0. The monoisotopic (exact) mass is 652 g/mol. The van der Waals surface area contributed by atoms with Crippen molar-refractivity contribution >= 4 is 86.8 Å². The third kappa shape index (κ3) is 3.27. The lowest BCUT2D eigenvalue weighted by molar-refractivity contribution is 0.715. The summed E-state index contributed by atoms with van der Waals surface area (Å²) in [5, 5.41) is 7.61. The Morgan fingerprint density at radius 1 is 0.600 bits per heavy atom. The molecule has 1 aliphatic carbocycles. The van der Waals surface area contributed by atoms with Gasteiger partial charge in [0.1, 0.15) is 11.4 Å². The zero-order valence-corrected chi connectivity index (χ0v) is 28.3. The fraction of sp³-hybridized carbons (Fsp3) is 0.0638. The lowest BCUT2D eigenvalue weighted by atomic mass is 9.73. The maximum atomic E-state index is 5.56. The standard InChI is InChI=1S/C47H28N2S/c1-26-19-43-46(48-40-13-7-4-9-31(26)40)28-16-18-39-34(22-28)32-10-3-6-12-38(32)47(39,2)30-17-15-27-21-35-36-24-37-33-11-5-8-14-44(33)50-45(37)25-42(36)49(43)41(35)23-29(27)20-30/h3-18,20-25H,1-2H3. The van der Waals surface area contributed by atoms with E-state index in [1.807, 2.05) is 11.3 Å². The first-order valence-corrected chi connectivity index (χ1v) is 18.1. The highest BCUT2D eigenvalue weighted by Gasteiger charge is 2.41. The minimum Gasteiger partial charge on any atom is -0.301 e. The Morgan fingerprint density at radius 3 is 2.32 bits per heavy atom. The predicted molar refractivity (Wildman–Crippen MR) is 212 cm³/mol. The van der Waals surface area contributed by atoms with Gasteiger partial charge in [-0.3, -0.25) is 0 Å². The van der Waals surface area contributed by atoms with Crippen molar-refractivity contribution in [2.45, 2.75) is 19.3 Å². The normalized spacial score (nSPS) is 17.1. The minimum absolute atomic E-state index is 0.285. The summed E-state index contributed by atoms with van der Waals surface area (Å²) in [4.78, 5) is 5.56. The molecule has 0 fully saturated rings. The molecule has 7 bridgehead atoms. The molecule has 0 radical (unpaired) electrons. The molecule has 0 N–H and O–H groups in total. The van der Waals surface area contributed by atoms with Crippen LogP contribution < -0.4 is 0 Å². The fourth-order valence-corrected chi connectivity index (χ4v) is 10.3. The second-order valence-corrected chi connectivity index (χ2v) is 15.3. The van der Waals surface area contributed by atoms with Gasteiger partial charge in [-0.15, -0.1) is 11.3 Å². The van der Waals surface area contributed by atoms with Gasteiger partial charge in [0.15, 0.2) is 0 Å². The van der Waals surface area contributed by atoms with Crippen LogP contribution in [0, 0.1) is 0 Å². The molecule has 13 rings (SSSR count). The van der Waals surface area contributed by atoms with Gasteiger partial charge in [0, 0.05) is 53.1 Å². The van der Waals surface area contributed by atoms with E-state index in [-0.39, 0.29) is 5.41 Å². The summed E-state index contributed by atoms with van der Waals surface area (Å²) in [6.45, 7) is 4.58. The Bertz CT molecular complexity index is 3160. The highest BCUT2D eigenvalue weighted by atomic mass is 32.1. The molecule has 3 heteroatoms. The molecule has 0 saturated carbocycles. The van der Waals surface area contributed by atoms with Crippen molar-refractivity contribution in [3.63, 3.8) is 0 Å². The minimum atomic E-state index is -0.285. The number of aliphatic imine (C=N–C) groups is 1. The van der Waals surface area contributed by atoms with Gasteiger partial charge >= 0.3 is 0 Å². The van der Waals surface area contributed by atoms with E-state index < -0.39 is 0 Å². The summed E-state index contributed by atoms with van der Waals surface area (Å²) < 4.78 is 5.06. The molecular weight excluding hydrogens is 625 g/mol. The van der Waals surface area contributed by atoms with Crippen molar-refractivity contribution in [1.82, 2.24) is 4.57 Å². The maximum Gasteiger partial charge on any atom is 0.116 e. The van der Waals surface area contributed by atoms with Crippen LogP contribution in [0.15, 0.2) is 144 Å². The molecule has 1 unspecified atom stereocenters. The van der Waals surface area contributed by atoms with Crippen LogP contribution in [0.4, 0.5) is 5.69 Å². The molecule has 2 aromatic heterocycles. The van der Waals surface area contributed by atoms with Gasteiger partial charge < -0.3 is 4.57 Å². The second kappa shape index (κ2) is 9.16. The van der Waals surface area contributed by atoms with E-state index in [4.69, 9.17) is 4.99 Å². The van der Waals surface area contributed by atoms with Gasteiger partial charge in [0.05, 0.1) is 16.7 Å². The average Bonchev–Trinajstić information content (AvgIpc) is 3.72. The number of benzene rings is 7. The van der Waals surface area contributed by atoms with Crippen molar-refractivity contribution < 1.29 is 0 Å². The number of rotatable bonds is 0. The van der Waals surface area contributed by atoms with E-state index in [2.05, 4.69) is 158 Å². The van der Waals surface area contributed by atoms with Crippen LogP contribution in [0.3, 0.4) is 0 Å². The number of hydrogen-bond donors (Lipinski definition) is 0. The summed E-state index contributed by atoms with van der Waals surface area (Å²) in [5.74, 6) is 0. The summed E-state index contributed by atoms with van der Waals surface area (Å²) in [6.07, 6.45) is 0. The third-order valence-corrected chi connectivity index (χ3v) is 12.8. The Balaban J connectivity index is 1.32. The van der Waals surface area contributed by atoms with Crippen molar-refractivity contribution in [1.29, 1.82) is 0 Å². The van der Waals surface area contributed by atoms with E-state index in [9.17, 15) is 0 Å². The van der Waals surface area contributed by atoms with E-state index in [0.29, 0.717) is 0 Å². The zero-order valence-electron chi connectivity index (χ0n) is 27.5. The average molecular weight is 653 g/mol. The largest absolute Gasteiger partial charge is 0.301 e. The molecule has 7 aromatic carbocycles. The Kier molecular flexibility index (Phi) is 4.93. The summed E-state index contributed by atoms with van der Waals surface area (Å²) in [5.41, 5.74) is 18.8. The molecule has 3 aliphatic heterocycles. The summed E-state index contributed by atoms with van der Waals surface area (Å²) in [6, 6.07) is 50.1. The van der Waals surface area contributed by atoms with E-state index in [1.165, 1.54) is 80.6 Å². The number of thiophene rings is 1. The van der Waals surface area contributed by atoms with Crippen LogP contribution in [-0.4, -0.2) is 10.3 Å². The van der Waals surface area contributed by atoms with E-state index >= 15 is 0 Å². The number of para-hydroxylation sites is 1. The van der Waals surface area contributed by atoms with E-state index in [0.717, 1.165) is 33.8 Å². The molecular formula is C47H28N2S. The first-order chi connectivity index (χ1) is 24.5. The molecule has 9 aromatic rings. The van der Waals surface area contributed by atoms with Crippen LogP contribution >= 0.6 is 11.3 Å². The van der Waals surface area contributed by atoms with Crippen LogP contribution in [-0.2, 0) is 5.41 Å². The molecule has 5 heterocycles. The number of nitrogens with zero attached hydrogens (tertiary/aromatic N) is 2. The lowest BCUT2D eigenvalue weighted by Gasteiger charge is -2.28. The Morgan fingerprint density at radius 2 is 1.38 bits per heavy atom. The first-order valence-electron chi connectivity index (χ1n) is 17.3. The van der Waals surface area contributed by atoms with Crippen molar-refractivity contribution in [2.75, 3.05) is 0 Å². The molecule has 0 spiro atoms. The Hall–Kier alpha value is -5.99. The van der Waals surface area contributed by atoms with Gasteiger partial charge in [-0.1, -0.05) is 90.7 Å². The molecule has 1 atom stereocenters. The summed E-state index contributed by atoms with van der Waals surface area (Å²) >= 11 is 1.87. The molecule has 2 nitrogen and oxygen atoms in total. The lowest BCUT2D eigenvalue weighted by Crippen LogP contribution is -2.22. The van der Waals surface area contributed by atoms with Crippen molar-refractivity contribution in [2.24, 2.45) is 4.99 Å². The van der Waals surface area contributed by atoms with Gasteiger partial charge in [0.25, 0.3) is 0 Å². The zero-order chi connectivity index (χ0) is 32.9. The molecule has 50 heavy (non-hydrogen) atoms. The SMILES string of the molecule is CC1=C=C2C(=Nc3ccccc31)c1ccc3c(c1)-c1ccccc1C3(C)c1ccc3cc4c5cc6c(cc5n2c4cc3c1)sc1ccccc16. The van der Waals surface area contributed by atoms with Gasteiger partial charge in [-0.25, -0.2) is 4.99 Å². The van der Waals surface area contributed by atoms with E-state index in [1.54, 1.807) is 0 Å². The fourth-order valence-electron chi connectivity index (χ4n) is 9.22. The Labute approximate surface area is 292 Å². The number of allylic oxidation sites excluding steroid dienone is 1. The quantitative estimate of drug-likeness (QED) is 0.145. The molecule has 0 amide bonds. The highest BCUT2D eigenvalue weighted by molar-refractivity contribution is 7.25. The second-order valence-electron chi connectivity index (χ2n) is 14.2. The smallest absolute Gasteiger partial charge is 0.116 e. The number of fused-ring (bicyclic) bond motifs is 8. The van der Waals surface area contributed by atoms with Crippen LogP contribution in [0.25, 0.3) is 75.1 Å². The molecule has 0 saturated heterocycles. The third-order valence-electron chi connectivity index (χ3n) is 11.7. The topological polar surface area (TPSA) is 17.3 Å². The van der Waals surface area contributed by atoms with Crippen LogP contribution in [0.5, 0.6) is 0 Å². The number of hydrogen-bond acceptors (Lipinski definition) is 2.